The maximum Gasteiger partial charge on any atom is 0.319 e. The molecule has 2 rings (SSSR count). The van der Waals surface area contributed by atoms with Gasteiger partial charge in [-0.3, -0.25) is 0 Å². The van der Waals surface area contributed by atoms with Crippen LogP contribution in [0.2, 0.25) is 0 Å². The predicted octanol–water partition coefficient (Wildman–Crippen LogP) is 1.80. The Labute approximate surface area is 119 Å². The number of hydrogen-bond donors (Lipinski definition) is 0. The summed E-state index contributed by atoms with van der Waals surface area (Å²) in [6.45, 7) is 1.62. The topological polar surface area (TPSA) is 39.7 Å². The van der Waals surface area contributed by atoms with Gasteiger partial charge >= 0.3 is 6.03 Å². The predicted molar refractivity (Wildman–Crippen MR) is 76.3 cm³/mol. The molecular formula is C14H21FN4O. The highest BCUT2D eigenvalue weighted by molar-refractivity contribution is 5.74. The lowest BCUT2D eigenvalue weighted by atomic mass is 10.0. The van der Waals surface area contributed by atoms with Gasteiger partial charge in [0.2, 0.25) is 0 Å². The first-order valence-corrected chi connectivity index (χ1v) is 6.79. The lowest BCUT2D eigenvalue weighted by Crippen LogP contribution is -2.51. The molecule has 2 amide bonds. The summed E-state index contributed by atoms with van der Waals surface area (Å²) < 4.78 is 12.9. The van der Waals surface area contributed by atoms with Crippen molar-refractivity contribution in [2.24, 2.45) is 0 Å². The number of carbonyl (C=O) groups is 1. The number of amides is 2. The number of aromatic nitrogens is 1. The van der Waals surface area contributed by atoms with Crippen LogP contribution in [0.15, 0.2) is 18.3 Å². The van der Waals surface area contributed by atoms with Crippen LogP contribution in [0, 0.1) is 5.82 Å². The fraction of sp³-hybridized carbons (Fsp3) is 0.571. The molecule has 6 heteroatoms. The zero-order chi connectivity index (χ0) is 14.7. The largest absolute Gasteiger partial charge is 0.355 e. The molecule has 1 aliphatic heterocycles. The smallest absolute Gasteiger partial charge is 0.319 e. The molecule has 1 aliphatic rings. The molecule has 0 aliphatic carbocycles. The van der Waals surface area contributed by atoms with Crippen molar-refractivity contribution in [3.63, 3.8) is 0 Å². The summed E-state index contributed by atoms with van der Waals surface area (Å²) in [5.74, 6) is 0.434. The zero-order valence-electron chi connectivity index (χ0n) is 12.2. The summed E-state index contributed by atoms with van der Waals surface area (Å²) in [7, 11) is 5.33. The molecule has 110 valence electrons. The van der Waals surface area contributed by atoms with E-state index in [1.165, 1.54) is 12.3 Å². The fourth-order valence-electron chi connectivity index (χ4n) is 2.51. The molecule has 1 unspecified atom stereocenters. The maximum atomic E-state index is 12.9. The molecule has 2 heterocycles. The molecule has 0 radical (unpaired) electrons. The molecule has 1 aromatic rings. The quantitative estimate of drug-likeness (QED) is 0.829. The first-order chi connectivity index (χ1) is 9.49. The van der Waals surface area contributed by atoms with Gasteiger partial charge in [0.1, 0.15) is 11.6 Å². The molecular weight excluding hydrogens is 259 g/mol. The van der Waals surface area contributed by atoms with Crippen LogP contribution in [0.3, 0.4) is 0 Å². The monoisotopic (exact) mass is 280 g/mol. The highest BCUT2D eigenvalue weighted by Crippen LogP contribution is 2.20. The van der Waals surface area contributed by atoms with Crippen LogP contribution < -0.4 is 4.90 Å². The molecule has 5 nitrogen and oxygen atoms in total. The summed E-state index contributed by atoms with van der Waals surface area (Å²) in [6.07, 6.45) is 3.20. The highest BCUT2D eigenvalue weighted by Gasteiger charge is 2.27. The van der Waals surface area contributed by atoms with Gasteiger partial charge < -0.3 is 14.7 Å². The minimum atomic E-state index is -0.331. The molecule has 1 fully saturated rings. The van der Waals surface area contributed by atoms with Gasteiger partial charge in [0.15, 0.2) is 0 Å². The third kappa shape index (κ3) is 3.18. The lowest BCUT2D eigenvalue weighted by molar-refractivity contribution is 0.157. The van der Waals surface area contributed by atoms with Crippen molar-refractivity contribution < 1.29 is 9.18 Å². The van der Waals surface area contributed by atoms with E-state index in [4.69, 9.17) is 0 Å². The van der Waals surface area contributed by atoms with E-state index in [1.807, 2.05) is 7.05 Å². The van der Waals surface area contributed by atoms with Crippen LogP contribution in [0.4, 0.5) is 15.0 Å². The number of pyridine rings is 1. The average molecular weight is 280 g/mol. The highest BCUT2D eigenvalue weighted by atomic mass is 19.1. The Kier molecular flexibility index (Phi) is 4.42. The van der Waals surface area contributed by atoms with E-state index in [0.29, 0.717) is 0 Å². The molecule has 0 spiro atoms. The number of carbonyl (C=O) groups excluding carboxylic acids is 1. The molecule has 0 saturated carbocycles. The second-order valence-electron chi connectivity index (χ2n) is 5.36. The first kappa shape index (κ1) is 14.6. The second-order valence-corrected chi connectivity index (χ2v) is 5.36. The Morgan fingerprint density at radius 3 is 2.75 bits per heavy atom. The summed E-state index contributed by atoms with van der Waals surface area (Å²) in [4.78, 5) is 21.6. The second kappa shape index (κ2) is 6.07. The van der Waals surface area contributed by atoms with Gasteiger partial charge in [0, 0.05) is 34.2 Å². The van der Waals surface area contributed by atoms with Crippen molar-refractivity contribution in [2.45, 2.75) is 18.9 Å². The Bertz CT molecular complexity index is 463. The summed E-state index contributed by atoms with van der Waals surface area (Å²) >= 11 is 0. The standard InChI is InChI=1S/C14H21FN4O/c1-17(2)14(20)18(3)12-5-4-8-19(10-12)13-7-6-11(15)9-16-13/h6-7,9,12H,4-5,8,10H2,1-3H3. The molecule has 1 atom stereocenters. The van der Waals surface area contributed by atoms with E-state index in [0.717, 1.165) is 31.7 Å². The van der Waals surface area contributed by atoms with Crippen LogP contribution >= 0.6 is 0 Å². The van der Waals surface area contributed by atoms with Gasteiger partial charge in [-0.1, -0.05) is 0 Å². The van der Waals surface area contributed by atoms with Crippen molar-refractivity contribution in [3.8, 4) is 0 Å². The molecule has 20 heavy (non-hydrogen) atoms. The van der Waals surface area contributed by atoms with E-state index >= 15 is 0 Å². The first-order valence-electron chi connectivity index (χ1n) is 6.79. The molecule has 0 bridgehead atoms. The molecule has 0 N–H and O–H groups in total. The van der Waals surface area contributed by atoms with Crippen molar-refractivity contribution in [3.05, 3.63) is 24.1 Å². The van der Waals surface area contributed by atoms with E-state index in [2.05, 4.69) is 9.88 Å². The Morgan fingerprint density at radius 1 is 1.40 bits per heavy atom. The number of nitrogens with zero attached hydrogens (tertiary/aromatic N) is 4. The minimum Gasteiger partial charge on any atom is -0.355 e. The van der Waals surface area contributed by atoms with Crippen molar-refractivity contribution in [1.82, 2.24) is 14.8 Å². The van der Waals surface area contributed by atoms with Gasteiger partial charge in [-0.2, -0.15) is 0 Å². The van der Waals surface area contributed by atoms with Gasteiger partial charge in [0.05, 0.1) is 12.2 Å². The van der Waals surface area contributed by atoms with Crippen LogP contribution in [0.25, 0.3) is 0 Å². The van der Waals surface area contributed by atoms with Crippen molar-refractivity contribution >= 4 is 11.8 Å². The minimum absolute atomic E-state index is 0.00363. The van der Waals surface area contributed by atoms with E-state index in [9.17, 15) is 9.18 Å². The third-order valence-electron chi connectivity index (χ3n) is 3.66. The number of piperidine rings is 1. The average Bonchev–Trinajstić information content (AvgIpc) is 2.46. The van der Waals surface area contributed by atoms with E-state index in [1.54, 1.807) is 30.0 Å². The van der Waals surface area contributed by atoms with Crippen LogP contribution in [-0.2, 0) is 0 Å². The lowest BCUT2D eigenvalue weighted by Gasteiger charge is -2.39. The van der Waals surface area contributed by atoms with E-state index in [-0.39, 0.29) is 17.9 Å². The van der Waals surface area contributed by atoms with Crippen molar-refractivity contribution in [2.75, 3.05) is 39.1 Å². The third-order valence-corrected chi connectivity index (χ3v) is 3.66. The Morgan fingerprint density at radius 2 is 2.15 bits per heavy atom. The normalized spacial score (nSPS) is 18.8. The van der Waals surface area contributed by atoms with Crippen molar-refractivity contribution in [1.29, 1.82) is 0 Å². The Balaban J connectivity index is 2.05. The number of halogens is 1. The summed E-state index contributed by atoms with van der Waals surface area (Å²) in [5, 5.41) is 0. The van der Waals surface area contributed by atoms with Gasteiger partial charge in [-0.05, 0) is 25.0 Å². The number of likely N-dealkylation sites (N-methyl/N-ethyl adjacent to an activating group) is 1. The summed E-state index contributed by atoms with van der Waals surface area (Å²) in [5.41, 5.74) is 0. The van der Waals surface area contributed by atoms with E-state index < -0.39 is 0 Å². The van der Waals surface area contributed by atoms with Gasteiger partial charge in [-0.15, -0.1) is 0 Å². The Hall–Kier alpha value is -1.85. The number of anilines is 1. The number of rotatable bonds is 2. The number of urea groups is 1. The molecule has 0 aromatic carbocycles. The SMILES string of the molecule is CN(C)C(=O)N(C)C1CCCN(c2ccc(F)cn2)C1. The maximum absolute atomic E-state index is 12.9. The van der Waals surface area contributed by atoms with Crippen LogP contribution in [0.1, 0.15) is 12.8 Å². The van der Waals surface area contributed by atoms with Gasteiger partial charge in [0.25, 0.3) is 0 Å². The molecule has 1 saturated heterocycles. The number of hydrogen-bond acceptors (Lipinski definition) is 3. The van der Waals surface area contributed by atoms with Crippen LogP contribution in [-0.4, -0.2) is 61.1 Å². The van der Waals surface area contributed by atoms with Gasteiger partial charge in [-0.25, -0.2) is 14.2 Å². The molecule has 1 aromatic heterocycles. The van der Waals surface area contributed by atoms with Crippen LogP contribution in [0.5, 0.6) is 0 Å². The summed E-state index contributed by atoms with van der Waals surface area (Å²) in [6, 6.07) is 3.26. The zero-order valence-corrected chi connectivity index (χ0v) is 12.2. The fourth-order valence-corrected chi connectivity index (χ4v) is 2.51.